The van der Waals surface area contributed by atoms with Gasteiger partial charge in [0.15, 0.2) is 0 Å². The van der Waals surface area contributed by atoms with Gasteiger partial charge in [-0.25, -0.2) is 0 Å². The Bertz CT molecular complexity index is 1250. The number of aliphatic hydroxyl groups excluding tert-OH is 7. The molecule has 0 amide bonds. The molecule has 7 N–H and O–H groups in total. The highest BCUT2D eigenvalue weighted by molar-refractivity contribution is 5.79. The predicted octanol–water partition coefficient (Wildman–Crippen LogP) is 2.43. The molecule has 46 heavy (non-hydrogen) atoms. The molecule has 0 radical (unpaired) electrons. The van der Waals surface area contributed by atoms with Crippen LogP contribution in [0.15, 0.2) is 11.6 Å². The first-order chi connectivity index (χ1) is 21.2. The van der Waals surface area contributed by atoms with Crippen LogP contribution in [0.5, 0.6) is 0 Å². The molecule has 10 heteroatoms. The number of allylic oxidation sites excluding steroid dienone is 1. The molecule has 1 saturated heterocycles. The van der Waals surface area contributed by atoms with Gasteiger partial charge in [0.05, 0.1) is 30.3 Å². The van der Waals surface area contributed by atoms with Gasteiger partial charge in [0.2, 0.25) is 6.29 Å². The highest BCUT2D eigenvalue weighted by atomic mass is 16.7. The van der Waals surface area contributed by atoms with Crippen molar-refractivity contribution in [1.29, 1.82) is 0 Å². The molecular weight excluding hydrogens is 592 g/mol. The monoisotopic (exact) mass is 650 g/mol. The number of ether oxygens (including phenoxy) is 2. The van der Waals surface area contributed by atoms with E-state index in [0.717, 1.165) is 24.8 Å². The summed E-state index contributed by atoms with van der Waals surface area (Å²) in [5, 5.41) is 75.3. The van der Waals surface area contributed by atoms with Crippen LogP contribution >= 0.6 is 0 Å². The maximum atomic E-state index is 14.4. The lowest BCUT2D eigenvalue weighted by atomic mass is 9.33. The van der Waals surface area contributed by atoms with E-state index in [-0.39, 0.29) is 28.1 Å². The molecule has 0 aromatic carbocycles. The van der Waals surface area contributed by atoms with Crippen molar-refractivity contribution in [2.45, 2.75) is 149 Å². The molecule has 0 bridgehead atoms. The fraction of sp³-hybridized carbons (Fsp3) is 0.917. The van der Waals surface area contributed by atoms with Crippen LogP contribution in [0.1, 0.15) is 99.8 Å². The van der Waals surface area contributed by atoms with Crippen LogP contribution in [0, 0.1) is 50.2 Å². The summed E-state index contributed by atoms with van der Waals surface area (Å²) in [6.45, 7) is 14.6. The molecule has 5 aliphatic carbocycles. The molecular formula is C36H58O10. The summed E-state index contributed by atoms with van der Waals surface area (Å²) >= 11 is 0. The Hall–Kier alpha value is -1.11. The quantitative estimate of drug-likeness (QED) is 0.177. The Morgan fingerprint density at radius 3 is 2.15 bits per heavy atom. The molecule has 1 aliphatic heterocycles. The number of carbonyl (C=O) groups excluding carboxylic acids is 1. The van der Waals surface area contributed by atoms with Gasteiger partial charge in [-0.05, 0) is 90.3 Å². The van der Waals surface area contributed by atoms with E-state index in [4.69, 9.17) is 9.47 Å². The normalized spacial score (nSPS) is 54.3. The first kappa shape index (κ1) is 34.7. The van der Waals surface area contributed by atoms with Gasteiger partial charge in [-0.3, -0.25) is 4.79 Å². The number of aliphatic hydroxyl groups is 7. The zero-order valence-electron chi connectivity index (χ0n) is 28.6. The molecule has 0 spiro atoms. The zero-order valence-corrected chi connectivity index (χ0v) is 28.6. The highest BCUT2D eigenvalue weighted by Crippen LogP contribution is 2.75. The lowest BCUT2D eigenvalue weighted by Gasteiger charge is -2.71. The van der Waals surface area contributed by atoms with Crippen LogP contribution in [0.4, 0.5) is 0 Å². The molecule has 5 fully saturated rings. The third-order valence-corrected chi connectivity index (χ3v) is 15.3. The van der Waals surface area contributed by atoms with Crippen molar-refractivity contribution in [1.82, 2.24) is 0 Å². The SMILES string of the molecule is CC1(C)CC[C@]2(C(=O)O[C@@H]3O[C@H](CO)[C@@H](O)[C@H](O)[C@H]3O)CC[C@]3(C)C(=CC[C@H]4[C@@]5(C)C[C@H](O)[C@@H](O)C(C)(C)[C@H]5CC[C@]43C)[C@@H]2[C@@H]1O. The fourth-order valence-electron chi connectivity index (χ4n) is 12.1. The van der Waals surface area contributed by atoms with E-state index in [0.29, 0.717) is 32.1 Å². The van der Waals surface area contributed by atoms with E-state index in [1.54, 1.807) is 0 Å². The van der Waals surface area contributed by atoms with Crippen molar-refractivity contribution in [3.63, 3.8) is 0 Å². The molecule has 6 rings (SSSR count). The summed E-state index contributed by atoms with van der Waals surface area (Å²) in [7, 11) is 0. The summed E-state index contributed by atoms with van der Waals surface area (Å²) < 4.78 is 11.4. The predicted molar refractivity (Wildman–Crippen MR) is 168 cm³/mol. The molecule has 0 aromatic heterocycles. The fourth-order valence-corrected chi connectivity index (χ4v) is 12.1. The van der Waals surface area contributed by atoms with Crippen LogP contribution in [0.2, 0.25) is 0 Å². The number of hydrogen-bond acceptors (Lipinski definition) is 10. The minimum Gasteiger partial charge on any atom is -0.432 e. The molecule has 10 nitrogen and oxygen atoms in total. The Morgan fingerprint density at radius 1 is 0.848 bits per heavy atom. The lowest BCUT2D eigenvalue weighted by molar-refractivity contribution is -0.298. The first-order valence-corrected chi connectivity index (χ1v) is 17.5. The van der Waals surface area contributed by atoms with Crippen LogP contribution in [0.25, 0.3) is 0 Å². The maximum Gasteiger partial charge on any atom is 0.315 e. The Morgan fingerprint density at radius 2 is 1.50 bits per heavy atom. The average molecular weight is 651 g/mol. The van der Waals surface area contributed by atoms with Gasteiger partial charge in [0.1, 0.15) is 24.4 Å². The first-order valence-electron chi connectivity index (χ1n) is 17.5. The number of fused-ring (bicyclic) bond motifs is 7. The van der Waals surface area contributed by atoms with Gasteiger partial charge in [-0.1, -0.05) is 60.1 Å². The second-order valence-electron chi connectivity index (χ2n) is 18.0. The third-order valence-electron chi connectivity index (χ3n) is 15.3. The van der Waals surface area contributed by atoms with Crippen LogP contribution < -0.4 is 0 Å². The number of rotatable bonds is 3. The average Bonchev–Trinajstić information content (AvgIpc) is 2.98. The van der Waals surface area contributed by atoms with Gasteiger partial charge < -0.3 is 45.2 Å². The van der Waals surface area contributed by atoms with Crippen molar-refractivity contribution in [3.8, 4) is 0 Å². The number of hydrogen-bond donors (Lipinski definition) is 7. The third kappa shape index (κ3) is 4.46. The summed E-state index contributed by atoms with van der Waals surface area (Å²) in [6, 6.07) is 0. The smallest absolute Gasteiger partial charge is 0.315 e. The Kier molecular flexibility index (Phi) is 8.27. The van der Waals surface area contributed by atoms with Crippen LogP contribution in [-0.2, 0) is 14.3 Å². The van der Waals surface area contributed by atoms with Gasteiger partial charge in [-0.2, -0.15) is 0 Å². The minimum absolute atomic E-state index is 0.185. The highest BCUT2D eigenvalue weighted by Gasteiger charge is 2.71. The van der Waals surface area contributed by atoms with E-state index >= 15 is 0 Å². The van der Waals surface area contributed by atoms with Gasteiger partial charge in [-0.15, -0.1) is 0 Å². The van der Waals surface area contributed by atoms with E-state index in [9.17, 15) is 40.5 Å². The molecule has 0 aromatic rings. The summed E-state index contributed by atoms with van der Waals surface area (Å²) in [6.07, 6.45) is -2.48. The van der Waals surface area contributed by atoms with Gasteiger partial charge in [0, 0.05) is 5.92 Å². The summed E-state index contributed by atoms with van der Waals surface area (Å²) in [5.41, 5.74) is -1.64. The van der Waals surface area contributed by atoms with Crippen molar-refractivity contribution in [2.24, 2.45) is 50.2 Å². The molecule has 262 valence electrons. The summed E-state index contributed by atoms with van der Waals surface area (Å²) in [5.74, 6) is -0.666. The topological polar surface area (TPSA) is 177 Å². The largest absolute Gasteiger partial charge is 0.432 e. The molecule has 15 atom stereocenters. The number of carbonyl (C=O) groups is 1. The Balaban J connectivity index is 1.39. The van der Waals surface area contributed by atoms with E-state index in [1.165, 1.54) is 0 Å². The van der Waals surface area contributed by atoms with E-state index in [1.807, 2.05) is 13.8 Å². The van der Waals surface area contributed by atoms with Crippen molar-refractivity contribution in [2.75, 3.05) is 6.61 Å². The van der Waals surface area contributed by atoms with Crippen molar-refractivity contribution >= 4 is 5.97 Å². The standard InChI is InChI=1S/C36H58O10/c1-31(2)12-14-36(30(44)46-29-26(41)25(40)24(39)20(17-37)45-29)15-13-34(6)18(23(36)28(31)43)8-9-22-33(5)16-19(38)27(42)32(3,4)21(33)10-11-35(22,34)7/h8,19-29,37-43H,9-17H2,1-7H3/t19-,20+,21+,22-,23+,24+,25-,26+,27+,28-,29-,33-,34+,35+,36-/m0/s1. The molecule has 0 unspecified atom stereocenters. The molecule has 1 heterocycles. The van der Waals surface area contributed by atoms with E-state index < -0.39 is 83.8 Å². The second kappa shape index (κ2) is 10.9. The zero-order chi connectivity index (χ0) is 34.0. The van der Waals surface area contributed by atoms with E-state index in [2.05, 4.69) is 40.7 Å². The van der Waals surface area contributed by atoms with Gasteiger partial charge >= 0.3 is 5.97 Å². The van der Waals surface area contributed by atoms with Gasteiger partial charge in [0.25, 0.3) is 0 Å². The lowest BCUT2D eigenvalue weighted by Crippen LogP contribution is -2.68. The molecule has 6 aliphatic rings. The van der Waals surface area contributed by atoms with Crippen LogP contribution in [0.3, 0.4) is 0 Å². The summed E-state index contributed by atoms with van der Waals surface area (Å²) in [4.78, 5) is 14.4. The van der Waals surface area contributed by atoms with Crippen molar-refractivity contribution < 1.29 is 50.0 Å². The van der Waals surface area contributed by atoms with Crippen LogP contribution in [-0.4, -0.2) is 97.3 Å². The Labute approximate surface area is 273 Å². The van der Waals surface area contributed by atoms with Crippen molar-refractivity contribution in [3.05, 3.63) is 11.6 Å². The minimum atomic E-state index is -1.70. The molecule has 4 saturated carbocycles. The maximum absolute atomic E-state index is 14.4. The number of esters is 1. The second-order valence-corrected chi connectivity index (χ2v) is 18.0.